The van der Waals surface area contributed by atoms with Crippen LogP contribution >= 0.6 is 0 Å². The summed E-state index contributed by atoms with van der Waals surface area (Å²) in [5.74, 6) is -0.246. The second kappa shape index (κ2) is 4.27. The number of hydrogen-bond donors (Lipinski definition) is 0. The lowest BCUT2D eigenvalue weighted by molar-refractivity contribution is -0.142. The standard InChI is InChI=1S/C13H21FO2/c1-9(15)10-5-7-13(14,8-6-10)11(16)12(2,3)4/h10H,5-8H2,1-4H3/t10-,13-. The van der Waals surface area contributed by atoms with Crippen molar-refractivity contribution >= 4 is 11.6 Å². The second-order valence-electron chi connectivity index (χ2n) is 5.93. The Kier molecular flexibility index (Phi) is 3.56. The summed E-state index contributed by atoms with van der Waals surface area (Å²) in [6, 6.07) is 0. The highest BCUT2D eigenvalue weighted by molar-refractivity contribution is 5.92. The Bertz CT molecular complexity index is 294. The molecule has 0 unspecified atom stereocenters. The van der Waals surface area contributed by atoms with Crippen molar-refractivity contribution in [3.63, 3.8) is 0 Å². The molecule has 0 aliphatic heterocycles. The van der Waals surface area contributed by atoms with Gasteiger partial charge in [0.05, 0.1) is 0 Å². The number of alkyl halides is 1. The van der Waals surface area contributed by atoms with E-state index in [0.29, 0.717) is 12.8 Å². The molecule has 0 saturated heterocycles. The molecular weight excluding hydrogens is 207 g/mol. The molecule has 1 aliphatic carbocycles. The first-order valence-electron chi connectivity index (χ1n) is 5.91. The quantitative estimate of drug-likeness (QED) is 0.727. The van der Waals surface area contributed by atoms with Crippen LogP contribution in [0.2, 0.25) is 0 Å². The molecule has 0 aromatic heterocycles. The Hall–Kier alpha value is -0.730. The summed E-state index contributed by atoms with van der Waals surface area (Å²) in [6.07, 6.45) is 1.42. The Balaban J connectivity index is 2.70. The number of hydrogen-bond acceptors (Lipinski definition) is 2. The van der Waals surface area contributed by atoms with Crippen molar-refractivity contribution in [2.75, 3.05) is 0 Å². The second-order valence-corrected chi connectivity index (χ2v) is 5.93. The molecule has 0 aromatic rings. The van der Waals surface area contributed by atoms with Gasteiger partial charge in [-0.1, -0.05) is 20.8 Å². The van der Waals surface area contributed by atoms with E-state index >= 15 is 0 Å². The molecule has 92 valence electrons. The fourth-order valence-electron chi connectivity index (χ4n) is 2.38. The molecule has 1 fully saturated rings. The molecule has 0 N–H and O–H groups in total. The first kappa shape index (κ1) is 13.3. The number of carbonyl (C=O) groups excluding carboxylic acids is 2. The summed E-state index contributed by atoms with van der Waals surface area (Å²) in [5, 5.41) is 0. The molecule has 2 nitrogen and oxygen atoms in total. The zero-order valence-electron chi connectivity index (χ0n) is 10.6. The molecule has 1 rings (SSSR count). The van der Waals surface area contributed by atoms with E-state index in [1.54, 1.807) is 27.7 Å². The van der Waals surface area contributed by atoms with Gasteiger partial charge in [0.1, 0.15) is 5.78 Å². The molecule has 3 heteroatoms. The number of Topliss-reactive ketones (excluding diaryl/α,β-unsaturated/α-hetero) is 2. The van der Waals surface area contributed by atoms with E-state index in [1.807, 2.05) is 0 Å². The molecule has 0 atom stereocenters. The van der Waals surface area contributed by atoms with Crippen molar-refractivity contribution in [3.8, 4) is 0 Å². The molecule has 0 radical (unpaired) electrons. The van der Waals surface area contributed by atoms with Gasteiger partial charge in [-0.2, -0.15) is 0 Å². The fraction of sp³-hybridized carbons (Fsp3) is 0.846. The maximum Gasteiger partial charge on any atom is 0.175 e. The maximum atomic E-state index is 14.4. The summed E-state index contributed by atoms with van der Waals surface area (Å²) in [7, 11) is 0. The predicted molar refractivity (Wildman–Crippen MR) is 60.9 cm³/mol. The van der Waals surface area contributed by atoms with E-state index in [1.165, 1.54) is 0 Å². The van der Waals surface area contributed by atoms with E-state index in [9.17, 15) is 14.0 Å². The van der Waals surface area contributed by atoms with Crippen LogP contribution in [0.15, 0.2) is 0 Å². The van der Waals surface area contributed by atoms with Crippen molar-refractivity contribution in [2.24, 2.45) is 11.3 Å². The van der Waals surface area contributed by atoms with Crippen molar-refractivity contribution in [3.05, 3.63) is 0 Å². The van der Waals surface area contributed by atoms with Gasteiger partial charge in [0.25, 0.3) is 0 Å². The minimum atomic E-state index is -1.70. The summed E-state index contributed by atoms with van der Waals surface area (Å²) < 4.78 is 14.4. The molecular formula is C13H21FO2. The Labute approximate surface area is 96.6 Å². The van der Waals surface area contributed by atoms with Crippen LogP contribution in [0.1, 0.15) is 53.4 Å². The van der Waals surface area contributed by atoms with Crippen LogP contribution in [0.5, 0.6) is 0 Å². The van der Waals surface area contributed by atoms with Crippen LogP contribution in [0.3, 0.4) is 0 Å². The van der Waals surface area contributed by atoms with Crippen molar-refractivity contribution in [1.29, 1.82) is 0 Å². The third kappa shape index (κ3) is 2.69. The zero-order valence-corrected chi connectivity index (χ0v) is 10.6. The maximum absolute atomic E-state index is 14.4. The average molecular weight is 228 g/mol. The van der Waals surface area contributed by atoms with Crippen LogP contribution < -0.4 is 0 Å². The van der Waals surface area contributed by atoms with E-state index < -0.39 is 11.1 Å². The first-order valence-corrected chi connectivity index (χ1v) is 5.91. The molecule has 0 aromatic carbocycles. The van der Waals surface area contributed by atoms with Gasteiger partial charge in [0.15, 0.2) is 11.5 Å². The van der Waals surface area contributed by atoms with E-state index in [4.69, 9.17) is 0 Å². The van der Waals surface area contributed by atoms with E-state index in [2.05, 4.69) is 0 Å². The lowest BCUT2D eigenvalue weighted by Gasteiger charge is -2.35. The number of rotatable bonds is 2. The number of ketones is 2. The monoisotopic (exact) mass is 228 g/mol. The lowest BCUT2D eigenvalue weighted by atomic mass is 9.71. The topological polar surface area (TPSA) is 34.1 Å². The largest absolute Gasteiger partial charge is 0.300 e. The summed E-state index contributed by atoms with van der Waals surface area (Å²) in [5.41, 5.74) is -2.35. The smallest absolute Gasteiger partial charge is 0.175 e. The first-order chi connectivity index (χ1) is 7.17. The molecule has 1 aliphatic rings. The van der Waals surface area contributed by atoms with Crippen LogP contribution in [-0.4, -0.2) is 17.2 Å². The summed E-state index contributed by atoms with van der Waals surface area (Å²) >= 11 is 0. The minimum Gasteiger partial charge on any atom is -0.300 e. The fourth-order valence-corrected chi connectivity index (χ4v) is 2.38. The predicted octanol–water partition coefficient (Wildman–Crippen LogP) is 3.09. The SMILES string of the molecule is CC(=O)[C@H]1CC[C@@](F)(C(=O)C(C)(C)C)CC1. The van der Waals surface area contributed by atoms with E-state index in [-0.39, 0.29) is 30.3 Å². The highest BCUT2D eigenvalue weighted by Crippen LogP contribution is 2.40. The molecule has 0 bridgehead atoms. The van der Waals surface area contributed by atoms with Gasteiger partial charge in [0.2, 0.25) is 0 Å². The van der Waals surface area contributed by atoms with Crippen molar-refractivity contribution in [1.82, 2.24) is 0 Å². The highest BCUT2D eigenvalue weighted by atomic mass is 19.1. The third-order valence-electron chi connectivity index (χ3n) is 3.44. The van der Waals surface area contributed by atoms with E-state index in [0.717, 1.165) is 0 Å². The van der Waals surface area contributed by atoms with Crippen molar-refractivity contribution in [2.45, 2.75) is 59.0 Å². The summed E-state index contributed by atoms with van der Waals surface area (Å²) in [4.78, 5) is 23.1. The Morgan fingerprint density at radius 3 is 1.94 bits per heavy atom. The highest BCUT2D eigenvalue weighted by Gasteiger charge is 2.46. The summed E-state index contributed by atoms with van der Waals surface area (Å²) in [6.45, 7) is 6.77. The van der Waals surface area contributed by atoms with Gasteiger partial charge in [-0.05, 0) is 32.6 Å². The van der Waals surface area contributed by atoms with Crippen LogP contribution in [0.25, 0.3) is 0 Å². The van der Waals surface area contributed by atoms with Crippen LogP contribution in [0, 0.1) is 11.3 Å². The average Bonchev–Trinajstić information content (AvgIpc) is 2.16. The van der Waals surface area contributed by atoms with Gasteiger partial charge >= 0.3 is 0 Å². The Morgan fingerprint density at radius 1 is 1.19 bits per heavy atom. The molecule has 0 spiro atoms. The molecule has 0 heterocycles. The van der Waals surface area contributed by atoms with Gasteiger partial charge in [0, 0.05) is 11.3 Å². The normalized spacial score (nSPS) is 31.2. The van der Waals surface area contributed by atoms with Crippen LogP contribution in [0.4, 0.5) is 4.39 Å². The number of carbonyl (C=O) groups is 2. The van der Waals surface area contributed by atoms with Crippen LogP contribution in [-0.2, 0) is 9.59 Å². The van der Waals surface area contributed by atoms with Gasteiger partial charge in [-0.3, -0.25) is 9.59 Å². The van der Waals surface area contributed by atoms with Gasteiger partial charge < -0.3 is 0 Å². The van der Waals surface area contributed by atoms with Gasteiger partial charge in [-0.15, -0.1) is 0 Å². The Morgan fingerprint density at radius 2 is 1.62 bits per heavy atom. The zero-order chi connectivity index (χ0) is 12.6. The van der Waals surface area contributed by atoms with Gasteiger partial charge in [-0.25, -0.2) is 4.39 Å². The lowest BCUT2D eigenvalue weighted by Crippen LogP contribution is -2.45. The van der Waals surface area contributed by atoms with Crippen molar-refractivity contribution < 1.29 is 14.0 Å². The number of halogens is 1. The molecule has 0 amide bonds. The molecule has 1 saturated carbocycles. The molecule has 16 heavy (non-hydrogen) atoms. The minimum absolute atomic E-state index is 0.0448. The third-order valence-corrected chi connectivity index (χ3v) is 3.44.